The zero-order valence-corrected chi connectivity index (χ0v) is 17.6. The van der Waals surface area contributed by atoms with Crippen molar-refractivity contribution in [2.45, 2.75) is 31.6 Å². The Labute approximate surface area is 165 Å². The van der Waals surface area contributed by atoms with Crippen LogP contribution in [0.3, 0.4) is 0 Å². The number of benzene rings is 1. The maximum atomic E-state index is 12.2. The predicted octanol–water partition coefficient (Wildman–Crippen LogP) is 3.28. The number of hydrogen-bond donors (Lipinski definition) is 2. The van der Waals surface area contributed by atoms with E-state index in [0.717, 1.165) is 35.1 Å². The van der Waals surface area contributed by atoms with Crippen LogP contribution in [0, 0.1) is 0 Å². The molecule has 0 unspecified atom stereocenters. The highest BCUT2D eigenvalue weighted by atomic mass is 32.2. The summed E-state index contributed by atoms with van der Waals surface area (Å²) in [6, 6.07) is 8.54. The van der Waals surface area contributed by atoms with Crippen LogP contribution in [-0.2, 0) is 10.0 Å². The van der Waals surface area contributed by atoms with Crippen molar-refractivity contribution in [1.82, 2.24) is 18.9 Å². The molecule has 0 saturated heterocycles. The van der Waals surface area contributed by atoms with E-state index in [1.807, 2.05) is 19.2 Å². The van der Waals surface area contributed by atoms with Crippen molar-refractivity contribution in [2.75, 3.05) is 31.3 Å². The van der Waals surface area contributed by atoms with Gasteiger partial charge in [-0.15, -0.1) is 0 Å². The average Bonchev–Trinajstić information content (AvgIpc) is 3.07. The largest absolute Gasteiger partial charge is 0.370 e. The van der Waals surface area contributed by atoms with Crippen LogP contribution in [0.25, 0.3) is 5.65 Å². The molecule has 0 spiro atoms. The van der Waals surface area contributed by atoms with Crippen LogP contribution in [-0.4, -0.2) is 48.0 Å². The van der Waals surface area contributed by atoms with Crippen LogP contribution in [0.5, 0.6) is 0 Å². The number of sulfonamides is 1. The first-order chi connectivity index (χ1) is 13.2. The summed E-state index contributed by atoms with van der Waals surface area (Å²) in [6.45, 7) is 6.98. The van der Waals surface area contributed by atoms with E-state index in [0.29, 0.717) is 5.92 Å². The third-order valence-corrected chi connectivity index (χ3v) is 6.21. The first kappa shape index (κ1) is 20.1. The van der Waals surface area contributed by atoms with Crippen molar-refractivity contribution >= 4 is 33.0 Å². The molecule has 1 aromatic carbocycles. The van der Waals surface area contributed by atoms with Crippen molar-refractivity contribution in [1.29, 1.82) is 0 Å². The molecule has 150 valence electrons. The molecule has 2 N–H and O–H groups in total. The molecular formula is C19H26N6O2S. The Hall–Kier alpha value is -2.65. The van der Waals surface area contributed by atoms with E-state index in [4.69, 9.17) is 0 Å². The number of nitrogens with one attached hydrogen (secondary N) is 2. The molecular weight excluding hydrogens is 376 g/mol. The molecule has 8 nitrogen and oxygen atoms in total. The number of rotatable bonds is 7. The van der Waals surface area contributed by atoms with Crippen LogP contribution in [0.1, 0.15) is 32.3 Å². The van der Waals surface area contributed by atoms with Gasteiger partial charge in [-0.3, -0.25) is 0 Å². The van der Waals surface area contributed by atoms with Crippen LogP contribution < -0.4 is 10.6 Å². The number of hydrogen-bond acceptors (Lipinski definition) is 6. The van der Waals surface area contributed by atoms with Gasteiger partial charge in [0.05, 0.1) is 11.1 Å². The second-order valence-electron chi connectivity index (χ2n) is 6.98. The lowest BCUT2D eigenvalue weighted by atomic mass is 10.1. The fraction of sp³-hybridized carbons (Fsp3) is 0.368. The van der Waals surface area contributed by atoms with Gasteiger partial charge < -0.3 is 10.6 Å². The van der Waals surface area contributed by atoms with Gasteiger partial charge in [0, 0.05) is 38.0 Å². The third-order valence-electron chi connectivity index (χ3n) is 4.38. The molecule has 3 rings (SSSR count). The topological polar surface area (TPSA) is 91.6 Å². The zero-order valence-electron chi connectivity index (χ0n) is 16.8. The summed E-state index contributed by atoms with van der Waals surface area (Å²) in [5, 5.41) is 11.0. The Morgan fingerprint density at radius 3 is 2.43 bits per heavy atom. The molecule has 0 bridgehead atoms. The monoisotopic (exact) mass is 402 g/mol. The molecule has 3 aromatic rings. The summed E-state index contributed by atoms with van der Waals surface area (Å²) < 4.78 is 27.4. The molecule has 9 heteroatoms. The van der Waals surface area contributed by atoms with Gasteiger partial charge in [0.25, 0.3) is 0 Å². The van der Waals surface area contributed by atoms with E-state index in [1.165, 1.54) is 18.4 Å². The van der Waals surface area contributed by atoms with Crippen LogP contribution in [0.4, 0.5) is 17.3 Å². The van der Waals surface area contributed by atoms with E-state index >= 15 is 0 Å². The number of nitrogens with zero attached hydrogens (tertiary/aromatic N) is 4. The first-order valence-electron chi connectivity index (χ1n) is 9.16. The Morgan fingerprint density at radius 1 is 1.18 bits per heavy atom. The van der Waals surface area contributed by atoms with Crippen LogP contribution in [0.15, 0.2) is 41.4 Å². The normalized spacial score (nSPS) is 12.1. The van der Waals surface area contributed by atoms with E-state index < -0.39 is 10.0 Å². The van der Waals surface area contributed by atoms with E-state index in [1.54, 1.807) is 28.8 Å². The maximum Gasteiger partial charge on any atom is 0.242 e. The van der Waals surface area contributed by atoms with Gasteiger partial charge in [-0.1, -0.05) is 13.8 Å². The summed E-state index contributed by atoms with van der Waals surface area (Å²) in [6.07, 6.45) is 1.83. The fourth-order valence-corrected chi connectivity index (χ4v) is 3.72. The van der Waals surface area contributed by atoms with E-state index in [9.17, 15) is 8.42 Å². The standard InChI is InChI=1S/C19H26N6O2S/c1-6-20-17-11-18(25-19(23-17)16(12-21-25)13(2)3)22-14-7-9-15(10-8-14)28(26,27)24(4)5/h7-13,22H,6H2,1-5H3,(H,20,23). The maximum absolute atomic E-state index is 12.2. The Bertz CT molecular complexity index is 1070. The molecule has 28 heavy (non-hydrogen) atoms. The molecule has 0 radical (unpaired) electrons. The van der Waals surface area contributed by atoms with Gasteiger partial charge in [0.15, 0.2) is 5.65 Å². The van der Waals surface area contributed by atoms with Gasteiger partial charge in [0.1, 0.15) is 11.6 Å². The molecule has 0 saturated carbocycles. The SMILES string of the molecule is CCNc1cc(Nc2ccc(S(=O)(=O)N(C)C)cc2)n2ncc(C(C)C)c2n1. The van der Waals surface area contributed by atoms with Gasteiger partial charge in [-0.2, -0.15) is 9.61 Å². The van der Waals surface area contributed by atoms with Gasteiger partial charge in [-0.25, -0.2) is 17.7 Å². The van der Waals surface area contributed by atoms with Crippen LogP contribution in [0.2, 0.25) is 0 Å². The summed E-state index contributed by atoms with van der Waals surface area (Å²) >= 11 is 0. The molecule has 2 aromatic heterocycles. The van der Waals surface area contributed by atoms with Crippen molar-refractivity contribution in [3.63, 3.8) is 0 Å². The minimum absolute atomic E-state index is 0.248. The number of anilines is 3. The van der Waals surface area contributed by atoms with Crippen molar-refractivity contribution in [3.05, 3.63) is 42.1 Å². The van der Waals surface area contributed by atoms with Crippen molar-refractivity contribution in [2.24, 2.45) is 0 Å². The summed E-state index contributed by atoms with van der Waals surface area (Å²) in [4.78, 5) is 4.93. The lowest BCUT2D eigenvalue weighted by Gasteiger charge is -2.14. The highest BCUT2D eigenvalue weighted by Crippen LogP contribution is 2.26. The highest BCUT2D eigenvalue weighted by Gasteiger charge is 2.17. The number of fused-ring (bicyclic) bond motifs is 1. The second kappa shape index (κ2) is 7.76. The van der Waals surface area contributed by atoms with Crippen molar-refractivity contribution < 1.29 is 8.42 Å². The van der Waals surface area contributed by atoms with Gasteiger partial charge in [-0.05, 0) is 37.1 Å². The fourth-order valence-electron chi connectivity index (χ4n) is 2.82. The minimum atomic E-state index is -3.45. The van der Waals surface area contributed by atoms with Gasteiger partial charge >= 0.3 is 0 Å². The highest BCUT2D eigenvalue weighted by molar-refractivity contribution is 7.89. The lowest BCUT2D eigenvalue weighted by Crippen LogP contribution is -2.22. The molecule has 2 heterocycles. The lowest BCUT2D eigenvalue weighted by molar-refractivity contribution is 0.521. The molecule has 0 aliphatic carbocycles. The summed E-state index contributed by atoms with van der Waals surface area (Å²) in [5.41, 5.74) is 2.62. The Kier molecular flexibility index (Phi) is 5.57. The van der Waals surface area contributed by atoms with Crippen molar-refractivity contribution in [3.8, 4) is 0 Å². The zero-order chi connectivity index (χ0) is 20.5. The smallest absolute Gasteiger partial charge is 0.242 e. The average molecular weight is 403 g/mol. The Morgan fingerprint density at radius 2 is 1.86 bits per heavy atom. The molecule has 0 amide bonds. The first-order valence-corrected chi connectivity index (χ1v) is 10.6. The predicted molar refractivity (Wildman–Crippen MR) is 112 cm³/mol. The van der Waals surface area contributed by atoms with Crippen LogP contribution >= 0.6 is 0 Å². The second-order valence-corrected chi connectivity index (χ2v) is 9.14. The van der Waals surface area contributed by atoms with E-state index in [-0.39, 0.29) is 4.90 Å². The number of aromatic nitrogens is 3. The van der Waals surface area contributed by atoms with E-state index in [2.05, 4.69) is 34.6 Å². The summed E-state index contributed by atoms with van der Waals surface area (Å²) in [7, 11) is -0.423. The summed E-state index contributed by atoms with van der Waals surface area (Å²) in [5.74, 6) is 1.80. The Balaban J connectivity index is 2.00. The molecule has 0 atom stereocenters. The molecule has 0 fully saturated rings. The molecule has 0 aliphatic rings. The third kappa shape index (κ3) is 3.81. The van der Waals surface area contributed by atoms with Gasteiger partial charge in [0.2, 0.25) is 10.0 Å². The minimum Gasteiger partial charge on any atom is -0.370 e. The molecule has 0 aliphatic heterocycles. The quantitative estimate of drug-likeness (QED) is 0.630.